The number of ether oxygens (including phenoxy) is 1. The van der Waals surface area contributed by atoms with E-state index in [0.717, 1.165) is 12.3 Å². The Morgan fingerprint density at radius 3 is 2.53 bits per heavy atom. The molecule has 8 heteroatoms. The third-order valence-corrected chi connectivity index (χ3v) is 2.47. The number of nitrogens with two attached hydrogens (primary N) is 1. The molecular formula is C11H11F3N4O. The van der Waals surface area contributed by atoms with Gasteiger partial charge in [-0.05, 0) is 12.1 Å². The fraction of sp³-hybridized carbons (Fsp3) is 0.273. The van der Waals surface area contributed by atoms with Crippen molar-refractivity contribution in [2.45, 2.75) is 12.7 Å². The van der Waals surface area contributed by atoms with Gasteiger partial charge in [-0.2, -0.15) is 13.2 Å². The van der Waals surface area contributed by atoms with Crippen LogP contribution in [0.3, 0.4) is 0 Å². The number of methoxy groups -OCH3 is 1. The maximum atomic E-state index is 12.4. The number of aromatic nitrogens is 3. The van der Waals surface area contributed by atoms with Gasteiger partial charge in [0.1, 0.15) is 5.69 Å². The predicted octanol–water partition coefficient (Wildman–Crippen LogP) is 1.75. The quantitative estimate of drug-likeness (QED) is 0.924. The summed E-state index contributed by atoms with van der Waals surface area (Å²) < 4.78 is 43.5. The van der Waals surface area contributed by atoms with Gasteiger partial charge in [-0.15, -0.1) is 5.10 Å². The number of hydrogen-bond acceptors (Lipinski definition) is 4. The van der Waals surface area contributed by atoms with Crippen LogP contribution in [0.2, 0.25) is 0 Å². The maximum Gasteiger partial charge on any atom is 0.433 e. The highest BCUT2D eigenvalue weighted by molar-refractivity contribution is 5.33. The van der Waals surface area contributed by atoms with Crippen molar-refractivity contribution in [3.63, 3.8) is 0 Å². The zero-order chi connectivity index (χ0) is 14.0. The third kappa shape index (κ3) is 2.68. The van der Waals surface area contributed by atoms with Crippen molar-refractivity contribution in [1.29, 1.82) is 0 Å². The Balaban J connectivity index is 2.34. The second kappa shape index (κ2) is 4.88. The van der Waals surface area contributed by atoms with E-state index < -0.39 is 11.9 Å². The van der Waals surface area contributed by atoms with Crippen molar-refractivity contribution < 1.29 is 17.9 Å². The van der Waals surface area contributed by atoms with Crippen molar-refractivity contribution in [1.82, 2.24) is 14.8 Å². The molecule has 0 aromatic carbocycles. The lowest BCUT2D eigenvalue weighted by atomic mass is 10.3. The molecule has 0 saturated carbocycles. The molecule has 2 aromatic rings. The number of halogens is 3. The van der Waals surface area contributed by atoms with Crippen LogP contribution >= 0.6 is 0 Å². The van der Waals surface area contributed by atoms with Crippen LogP contribution in [0.25, 0.3) is 5.69 Å². The molecule has 0 aliphatic carbocycles. The molecule has 2 rings (SSSR count). The second-order valence-corrected chi connectivity index (χ2v) is 3.71. The lowest BCUT2D eigenvalue weighted by molar-refractivity contribution is -0.141. The summed E-state index contributed by atoms with van der Waals surface area (Å²) in [4.78, 5) is 3.36. The van der Waals surface area contributed by atoms with Crippen molar-refractivity contribution in [2.75, 3.05) is 7.11 Å². The molecule has 2 aromatic heterocycles. The maximum absolute atomic E-state index is 12.4. The van der Waals surface area contributed by atoms with Crippen LogP contribution in [0.1, 0.15) is 11.3 Å². The topological polar surface area (TPSA) is 66.0 Å². The number of pyridine rings is 1. The summed E-state index contributed by atoms with van der Waals surface area (Å²) in [6.07, 6.45) is -1.78. The molecule has 2 N–H and O–H groups in total. The third-order valence-electron chi connectivity index (χ3n) is 2.47. The van der Waals surface area contributed by atoms with Gasteiger partial charge in [-0.25, -0.2) is 9.67 Å². The molecule has 0 atom stereocenters. The highest BCUT2D eigenvalue weighted by Crippen LogP contribution is 2.27. The summed E-state index contributed by atoms with van der Waals surface area (Å²) in [6, 6.07) is 2.17. The Morgan fingerprint density at radius 2 is 2.11 bits per heavy atom. The van der Waals surface area contributed by atoms with Crippen LogP contribution in [-0.4, -0.2) is 21.9 Å². The van der Waals surface area contributed by atoms with Gasteiger partial charge in [0, 0.05) is 18.3 Å². The largest absolute Gasteiger partial charge is 0.480 e. The predicted molar refractivity (Wildman–Crippen MR) is 60.8 cm³/mol. The molecule has 2 heterocycles. The van der Waals surface area contributed by atoms with Crippen LogP contribution in [0.15, 0.2) is 24.5 Å². The minimum absolute atomic E-state index is 0.219. The SMILES string of the molecule is COc1nn(-c2ccc(C(F)(F)F)nc2)cc1CN. The molecular weight excluding hydrogens is 261 g/mol. The minimum Gasteiger partial charge on any atom is -0.480 e. The Morgan fingerprint density at radius 1 is 1.37 bits per heavy atom. The molecule has 5 nitrogen and oxygen atoms in total. The van der Waals surface area contributed by atoms with Gasteiger partial charge in [0.25, 0.3) is 0 Å². The zero-order valence-corrected chi connectivity index (χ0v) is 9.98. The fourth-order valence-corrected chi connectivity index (χ4v) is 1.53. The molecule has 102 valence electrons. The zero-order valence-electron chi connectivity index (χ0n) is 9.98. The molecule has 0 aliphatic heterocycles. The van der Waals surface area contributed by atoms with Crippen LogP contribution in [0.4, 0.5) is 13.2 Å². The number of nitrogens with zero attached hydrogens (tertiary/aromatic N) is 3. The second-order valence-electron chi connectivity index (χ2n) is 3.71. The van der Waals surface area contributed by atoms with Crippen molar-refractivity contribution in [3.8, 4) is 11.6 Å². The highest BCUT2D eigenvalue weighted by Gasteiger charge is 2.32. The Kier molecular flexibility index (Phi) is 3.43. The van der Waals surface area contributed by atoms with Gasteiger partial charge in [0.05, 0.1) is 19.0 Å². The van der Waals surface area contributed by atoms with Crippen LogP contribution in [-0.2, 0) is 12.7 Å². The number of rotatable bonds is 3. The molecule has 0 bridgehead atoms. The first-order valence-corrected chi connectivity index (χ1v) is 5.32. The summed E-state index contributed by atoms with van der Waals surface area (Å²) in [7, 11) is 1.44. The first-order chi connectivity index (χ1) is 8.95. The van der Waals surface area contributed by atoms with E-state index in [1.54, 1.807) is 6.20 Å². The smallest absolute Gasteiger partial charge is 0.433 e. The fourth-order valence-electron chi connectivity index (χ4n) is 1.53. The van der Waals surface area contributed by atoms with E-state index in [1.165, 1.54) is 17.9 Å². The minimum atomic E-state index is -4.46. The first-order valence-electron chi connectivity index (χ1n) is 5.32. The first kappa shape index (κ1) is 13.3. The molecule has 0 aliphatic rings. The van der Waals surface area contributed by atoms with Crippen LogP contribution < -0.4 is 10.5 Å². The highest BCUT2D eigenvalue weighted by atomic mass is 19.4. The van der Waals surface area contributed by atoms with E-state index in [-0.39, 0.29) is 6.54 Å². The molecule has 0 radical (unpaired) electrons. The summed E-state index contributed by atoms with van der Waals surface area (Å²) >= 11 is 0. The van der Waals surface area contributed by atoms with Crippen molar-refractivity contribution in [2.24, 2.45) is 5.73 Å². The Hall–Kier alpha value is -2.09. The van der Waals surface area contributed by atoms with Crippen molar-refractivity contribution >= 4 is 0 Å². The standard InChI is InChI=1S/C11H11F3N4O/c1-19-10-7(4-15)6-18(17-10)8-2-3-9(16-5-8)11(12,13)14/h2-3,5-6H,4,15H2,1H3. The summed E-state index contributed by atoms with van der Waals surface area (Å²) in [5.41, 5.74) is 5.60. The van der Waals surface area contributed by atoms with Crippen LogP contribution in [0, 0.1) is 0 Å². The molecule has 0 unspecified atom stereocenters. The molecule has 0 amide bonds. The molecule has 19 heavy (non-hydrogen) atoms. The van der Waals surface area contributed by atoms with Gasteiger partial charge in [0.15, 0.2) is 0 Å². The van der Waals surface area contributed by atoms with E-state index >= 15 is 0 Å². The molecule has 0 fully saturated rings. The average molecular weight is 272 g/mol. The number of alkyl halides is 3. The van der Waals surface area contributed by atoms with Gasteiger partial charge >= 0.3 is 6.18 Å². The van der Waals surface area contributed by atoms with E-state index in [4.69, 9.17) is 10.5 Å². The Bertz CT molecular complexity index is 541. The summed E-state index contributed by atoms with van der Waals surface area (Å²) in [6.45, 7) is 0.219. The monoisotopic (exact) mass is 272 g/mol. The number of hydrogen-bond donors (Lipinski definition) is 1. The van der Waals surface area contributed by atoms with Crippen molar-refractivity contribution in [3.05, 3.63) is 35.8 Å². The van der Waals surface area contributed by atoms with Gasteiger partial charge in [-0.1, -0.05) is 0 Å². The van der Waals surface area contributed by atoms with Gasteiger partial charge in [-0.3, -0.25) is 0 Å². The summed E-state index contributed by atoms with van der Waals surface area (Å²) in [5.74, 6) is 0.336. The van der Waals surface area contributed by atoms with E-state index in [2.05, 4.69) is 10.1 Å². The normalized spacial score (nSPS) is 11.6. The van der Waals surface area contributed by atoms with E-state index in [0.29, 0.717) is 17.1 Å². The van der Waals surface area contributed by atoms with Gasteiger partial charge < -0.3 is 10.5 Å². The van der Waals surface area contributed by atoms with Crippen LogP contribution in [0.5, 0.6) is 5.88 Å². The van der Waals surface area contributed by atoms with Gasteiger partial charge in [0.2, 0.25) is 5.88 Å². The molecule has 0 spiro atoms. The Labute approximate surface area is 106 Å². The van der Waals surface area contributed by atoms with E-state index in [1.807, 2.05) is 0 Å². The lowest BCUT2D eigenvalue weighted by Gasteiger charge is -2.06. The lowest BCUT2D eigenvalue weighted by Crippen LogP contribution is -2.08. The summed E-state index contributed by atoms with van der Waals surface area (Å²) in [5, 5.41) is 4.05. The molecule has 0 saturated heterocycles. The average Bonchev–Trinajstić information content (AvgIpc) is 2.81. The van der Waals surface area contributed by atoms with E-state index in [9.17, 15) is 13.2 Å².